The second kappa shape index (κ2) is 4.72. The predicted molar refractivity (Wildman–Crippen MR) is 71.1 cm³/mol. The van der Waals surface area contributed by atoms with Crippen molar-refractivity contribution in [1.82, 2.24) is 19.6 Å². The highest BCUT2D eigenvalue weighted by Gasteiger charge is 2.20. The molecule has 1 saturated heterocycles. The van der Waals surface area contributed by atoms with Crippen molar-refractivity contribution < 1.29 is 0 Å². The second-order valence-electron chi connectivity index (χ2n) is 4.80. The monoisotopic (exact) mass is 265 g/mol. The molecule has 5 nitrogen and oxygen atoms in total. The highest BCUT2D eigenvalue weighted by atomic mass is 35.5. The molecule has 2 aromatic rings. The molecule has 1 aliphatic rings. The number of halogens is 1. The smallest absolute Gasteiger partial charge is 0.255 e. The minimum Gasteiger partial charge on any atom is -0.354 e. The molecule has 3 heterocycles. The normalized spacial score (nSPS) is 21.2. The Morgan fingerprint density at radius 1 is 1.33 bits per heavy atom. The zero-order chi connectivity index (χ0) is 12.5. The van der Waals surface area contributed by atoms with E-state index in [0.29, 0.717) is 17.0 Å². The molecule has 0 radical (unpaired) electrons. The van der Waals surface area contributed by atoms with Crippen molar-refractivity contribution in [3.8, 4) is 0 Å². The molecule has 0 aliphatic carbocycles. The van der Waals surface area contributed by atoms with Crippen LogP contribution in [0.2, 0.25) is 5.15 Å². The van der Waals surface area contributed by atoms with Gasteiger partial charge in [0.1, 0.15) is 17.3 Å². The van der Waals surface area contributed by atoms with E-state index in [4.69, 9.17) is 11.6 Å². The lowest BCUT2D eigenvalue weighted by atomic mass is 10.1. The van der Waals surface area contributed by atoms with E-state index >= 15 is 0 Å². The van der Waals surface area contributed by atoms with Crippen molar-refractivity contribution in [3.05, 3.63) is 17.5 Å². The predicted octanol–water partition coefficient (Wildman–Crippen LogP) is 2.55. The van der Waals surface area contributed by atoms with E-state index in [2.05, 4.69) is 26.9 Å². The standard InChI is InChI=1S/C12H16ClN5/c1-9-5-3-2-4-6-17(9)11-7-10(13)16-12-14-8-15-18(11)12/h7-9H,2-6H2,1H3. The first-order valence-electron chi connectivity index (χ1n) is 6.38. The zero-order valence-corrected chi connectivity index (χ0v) is 11.1. The van der Waals surface area contributed by atoms with Crippen molar-refractivity contribution in [1.29, 1.82) is 0 Å². The van der Waals surface area contributed by atoms with Crippen LogP contribution in [0.1, 0.15) is 32.6 Å². The van der Waals surface area contributed by atoms with Gasteiger partial charge in [0.25, 0.3) is 5.78 Å². The van der Waals surface area contributed by atoms with Crippen molar-refractivity contribution in [2.24, 2.45) is 0 Å². The molecule has 0 spiro atoms. The van der Waals surface area contributed by atoms with Gasteiger partial charge in [0.05, 0.1) is 0 Å². The maximum atomic E-state index is 6.07. The Labute approximate surface area is 111 Å². The second-order valence-corrected chi connectivity index (χ2v) is 5.19. The van der Waals surface area contributed by atoms with Crippen LogP contribution in [0, 0.1) is 0 Å². The molecule has 0 bridgehead atoms. The molecule has 1 atom stereocenters. The summed E-state index contributed by atoms with van der Waals surface area (Å²) in [5.41, 5.74) is 0. The van der Waals surface area contributed by atoms with E-state index in [9.17, 15) is 0 Å². The van der Waals surface area contributed by atoms with Gasteiger partial charge in [-0.25, -0.2) is 0 Å². The molecule has 96 valence electrons. The van der Waals surface area contributed by atoms with E-state index in [1.165, 1.54) is 32.0 Å². The van der Waals surface area contributed by atoms with Crippen LogP contribution in [0.4, 0.5) is 5.82 Å². The van der Waals surface area contributed by atoms with Crippen LogP contribution in [-0.2, 0) is 0 Å². The first-order valence-corrected chi connectivity index (χ1v) is 6.76. The number of fused-ring (bicyclic) bond motifs is 1. The van der Waals surface area contributed by atoms with E-state index in [1.807, 2.05) is 6.07 Å². The van der Waals surface area contributed by atoms with E-state index < -0.39 is 0 Å². The van der Waals surface area contributed by atoms with E-state index in [0.717, 1.165) is 12.4 Å². The summed E-state index contributed by atoms with van der Waals surface area (Å²) in [6, 6.07) is 2.38. The summed E-state index contributed by atoms with van der Waals surface area (Å²) in [7, 11) is 0. The van der Waals surface area contributed by atoms with E-state index in [1.54, 1.807) is 4.52 Å². The number of anilines is 1. The quantitative estimate of drug-likeness (QED) is 0.744. The Hall–Kier alpha value is -1.36. The molecule has 18 heavy (non-hydrogen) atoms. The minimum absolute atomic E-state index is 0.474. The number of nitrogens with zero attached hydrogens (tertiary/aromatic N) is 5. The van der Waals surface area contributed by atoms with Gasteiger partial charge in [0.15, 0.2) is 0 Å². The highest BCUT2D eigenvalue weighted by molar-refractivity contribution is 6.29. The Balaban J connectivity index is 2.08. The molecule has 3 rings (SSSR count). The van der Waals surface area contributed by atoms with Crippen LogP contribution < -0.4 is 4.90 Å². The summed E-state index contributed by atoms with van der Waals surface area (Å²) < 4.78 is 1.77. The fraction of sp³-hybridized carbons (Fsp3) is 0.583. The van der Waals surface area contributed by atoms with Crippen molar-refractivity contribution >= 4 is 23.2 Å². The average Bonchev–Trinajstić information content (AvgIpc) is 2.70. The highest BCUT2D eigenvalue weighted by Crippen LogP contribution is 2.25. The molecule has 6 heteroatoms. The largest absolute Gasteiger partial charge is 0.354 e. The van der Waals surface area contributed by atoms with Crippen LogP contribution in [0.5, 0.6) is 0 Å². The van der Waals surface area contributed by atoms with Crippen molar-refractivity contribution in [2.45, 2.75) is 38.6 Å². The maximum absolute atomic E-state index is 6.07. The molecule has 1 aliphatic heterocycles. The summed E-state index contributed by atoms with van der Waals surface area (Å²) in [4.78, 5) is 10.6. The third-order valence-electron chi connectivity index (χ3n) is 3.55. The van der Waals surface area contributed by atoms with Crippen molar-refractivity contribution in [2.75, 3.05) is 11.4 Å². The Kier molecular flexibility index (Phi) is 3.07. The number of hydrogen-bond acceptors (Lipinski definition) is 4. The van der Waals surface area contributed by atoms with Crippen LogP contribution in [0.15, 0.2) is 12.4 Å². The molecular formula is C12H16ClN5. The Morgan fingerprint density at radius 2 is 2.22 bits per heavy atom. The van der Waals surface area contributed by atoms with Crippen LogP contribution in [0.25, 0.3) is 5.78 Å². The first kappa shape index (κ1) is 11.7. The van der Waals surface area contributed by atoms with Gasteiger partial charge in [-0.2, -0.15) is 19.6 Å². The Morgan fingerprint density at radius 3 is 3.11 bits per heavy atom. The first-order chi connectivity index (χ1) is 8.75. The fourth-order valence-corrected chi connectivity index (χ4v) is 2.76. The summed E-state index contributed by atoms with van der Waals surface area (Å²) in [6.07, 6.45) is 6.51. The summed E-state index contributed by atoms with van der Waals surface area (Å²) in [5.74, 6) is 1.56. The van der Waals surface area contributed by atoms with Gasteiger partial charge in [-0.15, -0.1) is 0 Å². The van der Waals surface area contributed by atoms with Gasteiger partial charge in [-0.05, 0) is 19.8 Å². The lowest BCUT2D eigenvalue weighted by Crippen LogP contribution is -2.34. The summed E-state index contributed by atoms with van der Waals surface area (Å²) in [5, 5.41) is 4.72. The lowest BCUT2D eigenvalue weighted by Gasteiger charge is -2.29. The van der Waals surface area contributed by atoms with E-state index in [-0.39, 0.29) is 0 Å². The summed E-state index contributed by atoms with van der Waals surface area (Å²) >= 11 is 6.07. The number of hydrogen-bond donors (Lipinski definition) is 0. The summed E-state index contributed by atoms with van der Waals surface area (Å²) in [6.45, 7) is 3.29. The molecular weight excluding hydrogens is 250 g/mol. The van der Waals surface area contributed by atoms with Gasteiger partial charge in [-0.3, -0.25) is 0 Å². The lowest BCUT2D eigenvalue weighted by molar-refractivity contribution is 0.604. The Bertz CT molecular complexity index is 552. The third-order valence-corrected chi connectivity index (χ3v) is 3.74. The fourth-order valence-electron chi connectivity index (χ4n) is 2.59. The van der Waals surface area contributed by atoms with Gasteiger partial charge < -0.3 is 4.90 Å². The minimum atomic E-state index is 0.474. The van der Waals surface area contributed by atoms with Gasteiger partial charge in [-0.1, -0.05) is 24.4 Å². The topological polar surface area (TPSA) is 46.3 Å². The molecule has 1 unspecified atom stereocenters. The van der Waals surface area contributed by atoms with Crippen LogP contribution in [-0.4, -0.2) is 32.2 Å². The third kappa shape index (κ3) is 2.03. The van der Waals surface area contributed by atoms with Crippen LogP contribution in [0.3, 0.4) is 0 Å². The molecule has 0 saturated carbocycles. The van der Waals surface area contributed by atoms with Gasteiger partial charge >= 0.3 is 0 Å². The van der Waals surface area contributed by atoms with Crippen LogP contribution >= 0.6 is 11.6 Å². The molecule has 1 fully saturated rings. The molecule has 0 amide bonds. The van der Waals surface area contributed by atoms with Gasteiger partial charge in [0.2, 0.25) is 0 Å². The molecule has 0 N–H and O–H groups in total. The zero-order valence-electron chi connectivity index (χ0n) is 10.4. The van der Waals surface area contributed by atoms with Gasteiger partial charge in [0, 0.05) is 18.7 Å². The number of aromatic nitrogens is 4. The SMILES string of the molecule is CC1CCCCCN1c1cc(Cl)nc2ncnn12. The number of rotatable bonds is 1. The van der Waals surface area contributed by atoms with Crippen molar-refractivity contribution in [3.63, 3.8) is 0 Å². The maximum Gasteiger partial charge on any atom is 0.255 e. The average molecular weight is 266 g/mol. The molecule has 2 aromatic heterocycles. The molecule has 0 aromatic carbocycles.